The fourth-order valence-electron chi connectivity index (χ4n) is 3.07. The smallest absolute Gasteiger partial charge is 0.254 e. The van der Waals surface area contributed by atoms with Crippen molar-refractivity contribution < 1.29 is 19.0 Å². The molecule has 1 aliphatic rings. The van der Waals surface area contributed by atoms with Crippen molar-refractivity contribution in [3.63, 3.8) is 0 Å². The van der Waals surface area contributed by atoms with Crippen LogP contribution in [0, 0.1) is 12.7 Å². The molecule has 0 radical (unpaired) electrons. The molecule has 1 N–H and O–H groups in total. The van der Waals surface area contributed by atoms with Crippen molar-refractivity contribution in [2.45, 2.75) is 25.5 Å². The second-order valence-corrected chi connectivity index (χ2v) is 5.95. The van der Waals surface area contributed by atoms with E-state index in [0.29, 0.717) is 23.6 Å². The molecule has 1 aromatic carbocycles. The van der Waals surface area contributed by atoms with Gasteiger partial charge in [-0.15, -0.1) is 0 Å². The number of aryl methyl sites for hydroxylation is 1. The number of halogens is 1. The van der Waals surface area contributed by atoms with Gasteiger partial charge in [-0.05, 0) is 37.1 Å². The first-order valence-electron chi connectivity index (χ1n) is 7.75. The van der Waals surface area contributed by atoms with E-state index < -0.39 is 6.10 Å². The molecule has 0 bridgehead atoms. The van der Waals surface area contributed by atoms with Crippen LogP contribution in [0.15, 0.2) is 36.4 Å². The molecule has 3 rings (SSSR count). The second-order valence-electron chi connectivity index (χ2n) is 5.95. The molecule has 0 unspecified atom stereocenters. The Morgan fingerprint density at radius 2 is 2.04 bits per heavy atom. The van der Waals surface area contributed by atoms with Crippen LogP contribution in [0.4, 0.5) is 4.39 Å². The summed E-state index contributed by atoms with van der Waals surface area (Å²) in [5.41, 5.74) is 1.94. The summed E-state index contributed by atoms with van der Waals surface area (Å²) in [6, 6.07) is 9.02. The van der Waals surface area contributed by atoms with Gasteiger partial charge in [0.25, 0.3) is 5.91 Å². The topological polar surface area (TPSA) is 62.7 Å². The lowest BCUT2D eigenvalue weighted by Crippen LogP contribution is -2.32. The van der Waals surface area contributed by atoms with Crippen LogP contribution >= 0.6 is 0 Å². The number of benzene rings is 1. The average Bonchev–Trinajstić information content (AvgIpc) is 2.96. The van der Waals surface area contributed by atoms with Gasteiger partial charge in [0.1, 0.15) is 5.82 Å². The molecule has 1 aromatic heterocycles. The van der Waals surface area contributed by atoms with Crippen molar-refractivity contribution in [2.24, 2.45) is 0 Å². The van der Waals surface area contributed by atoms with E-state index >= 15 is 0 Å². The zero-order chi connectivity index (χ0) is 17.3. The molecule has 1 aliphatic heterocycles. The molecule has 126 valence electrons. The Morgan fingerprint density at radius 1 is 1.33 bits per heavy atom. The van der Waals surface area contributed by atoms with Gasteiger partial charge in [0.05, 0.1) is 19.3 Å². The van der Waals surface area contributed by atoms with Gasteiger partial charge in [-0.1, -0.05) is 12.1 Å². The predicted octanol–water partition coefficient (Wildman–Crippen LogP) is 2.49. The van der Waals surface area contributed by atoms with Crippen molar-refractivity contribution in [1.29, 1.82) is 0 Å². The lowest BCUT2D eigenvalue weighted by Gasteiger charge is -2.25. The molecule has 1 amide bonds. The third kappa shape index (κ3) is 3.23. The summed E-state index contributed by atoms with van der Waals surface area (Å²) in [4.78, 5) is 18.7. The van der Waals surface area contributed by atoms with E-state index in [1.54, 1.807) is 36.1 Å². The zero-order valence-electron chi connectivity index (χ0n) is 13.6. The lowest BCUT2D eigenvalue weighted by atomic mass is 10.0. The van der Waals surface area contributed by atoms with Gasteiger partial charge < -0.3 is 14.7 Å². The molecule has 1 saturated heterocycles. The van der Waals surface area contributed by atoms with Crippen molar-refractivity contribution in [2.75, 3.05) is 13.7 Å². The highest BCUT2D eigenvalue weighted by molar-refractivity contribution is 5.95. The van der Waals surface area contributed by atoms with Crippen LogP contribution < -0.4 is 4.74 Å². The number of carbonyl (C=O) groups excluding carboxylic acids is 1. The van der Waals surface area contributed by atoms with Crippen molar-refractivity contribution in [3.05, 3.63) is 59.0 Å². The molecule has 2 aromatic rings. The summed E-state index contributed by atoms with van der Waals surface area (Å²) >= 11 is 0. The molecule has 24 heavy (non-hydrogen) atoms. The molecular formula is C18H19FN2O3. The summed E-state index contributed by atoms with van der Waals surface area (Å²) in [5, 5.41) is 10.0. The third-order valence-corrected chi connectivity index (χ3v) is 4.18. The second kappa shape index (κ2) is 6.57. The molecule has 2 atom stereocenters. The SMILES string of the molecule is COc1cc(C(=O)N2C[C@H](O)C[C@H]2c2ccc(F)cc2)cc(C)n1. The zero-order valence-corrected chi connectivity index (χ0v) is 13.6. The highest BCUT2D eigenvalue weighted by Gasteiger charge is 2.36. The number of hydrogen-bond donors (Lipinski definition) is 1. The standard InChI is InChI=1S/C18H19FN2O3/c1-11-7-13(8-17(20-11)24-2)18(23)21-10-15(22)9-16(21)12-3-5-14(19)6-4-12/h3-8,15-16,22H,9-10H2,1-2H3/t15-,16+/m1/s1. The van der Waals surface area contributed by atoms with Gasteiger partial charge in [-0.2, -0.15) is 0 Å². The van der Waals surface area contributed by atoms with Gasteiger partial charge in [0.15, 0.2) is 0 Å². The number of amides is 1. The number of aliphatic hydroxyl groups is 1. The Hall–Kier alpha value is -2.47. The third-order valence-electron chi connectivity index (χ3n) is 4.18. The van der Waals surface area contributed by atoms with Gasteiger partial charge >= 0.3 is 0 Å². The number of aliphatic hydroxyl groups excluding tert-OH is 1. The van der Waals surface area contributed by atoms with E-state index in [2.05, 4.69) is 4.98 Å². The molecule has 5 nitrogen and oxygen atoms in total. The van der Waals surface area contributed by atoms with E-state index in [0.717, 1.165) is 5.56 Å². The number of methoxy groups -OCH3 is 1. The average molecular weight is 330 g/mol. The normalized spacial score (nSPS) is 20.2. The number of hydrogen-bond acceptors (Lipinski definition) is 4. The van der Waals surface area contributed by atoms with Gasteiger partial charge in [0.2, 0.25) is 5.88 Å². The number of β-amino-alcohol motifs (C(OH)–C–C–N with tert-alkyl or cyclic N) is 1. The number of ether oxygens (including phenoxy) is 1. The maximum Gasteiger partial charge on any atom is 0.254 e. The Bertz CT molecular complexity index is 748. The van der Waals surface area contributed by atoms with Crippen LogP contribution in [0.3, 0.4) is 0 Å². The summed E-state index contributed by atoms with van der Waals surface area (Å²) in [6.07, 6.45) is -0.174. The van der Waals surface area contributed by atoms with Crippen LogP contribution in [0.5, 0.6) is 5.88 Å². The molecule has 0 saturated carbocycles. The maximum atomic E-state index is 13.1. The number of nitrogens with zero attached hydrogens (tertiary/aromatic N) is 2. The minimum absolute atomic E-state index is 0.204. The number of rotatable bonds is 3. The molecule has 1 fully saturated rings. The molecular weight excluding hydrogens is 311 g/mol. The van der Waals surface area contributed by atoms with Crippen LogP contribution in [-0.2, 0) is 0 Å². The fraction of sp³-hybridized carbons (Fsp3) is 0.333. The minimum atomic E-state index is -0.603. The van der Waals surface area contributed by atoms with Gasteiger partial charge in [-0.25, -0.2) is 9.37 Å². The first-order valence-corrected chi connectivity index (χ1v) is 7.75. The van der Waals surface area contributed by atoms with Crippen LogP contribution in [0.25, 0.3) is 0 Å². The monoisotopic (exact) mass is 330 g/mol. The largest absolute Gasteiger partial charge is 0.481 e. The molecule has 6 heteroatoms. The van der Waals surface area contributed by atoms with Gasteiger partial charge in [-0.3, -0.25) is 4.79 Å². The number of aromatic nitrogens is 1. The Balaban J connectivity index is 1.92. The number of likely N-dealkylation sites (tertiary alicyclic amines) is 1. The fourth-order valence-corrected chi connectivity index (χ4v) is 3.07. The van der Waals surface area contributed by atoms with E-state index in [9.17, 15) is 14.3 Å². The summed E-state index contributed by atoms with van der Waals surface area (Å²) in [5.74, 6) is -0.161. The van der Waals surface area contributed by atoms with E-state index in [4.69, 9.17) is 4.74 Å². The summed E-state index contributed by atoms with van der Waals surface area (Å²) in [6.45, 7) is 2.03. The van der Waals surface area contributed by atoms with E-state index in [-0.39, 0.29) is 24.3 Å². The number of pyridine rings is 1. The highest BCUT2D eigenvalue weighted by Crippen LogP contribution is 2.33. The maximum absolute atomic E-state index is 13.1. The Morgan fingerprint density at radius 3 is 2.71 bits per heavy atom. The number of carbonyl (C=O) groups is 1. The predicted molar refractivity (Wildman–Crippen MR) is 86.3 cm³/mol. The highest BCUT2D eigenvalue weighted by atomic mass is 19.1. The molecule has 0 spiro atoms. The molecule has 0 aliphatic carbocycles. The Kier molecular flexibility index (Phi) is 4.49. The minimum Gasteiger partial charge on any atom is -0.481 e. The van der Waals surface area contributed by atoms with Crippen molar-refractivity contribution >= 4 is 5.91 Å². The van der Waals surface area contributed by atoms with Crippen LogP contribution in [0.2, 0.25) is 0 Å². The van der Waals surface area contributed by atoms with Crippen LogP contribution in [-0.4, -0.2) is 40.7 Å². The first kappa shape index (κ1) is 16.4. The molecule has 2 heterocycles. The Labute approximate surface area is 139 Å². The quantitative estimate of drug-likeness (QED) is 0.939. The van der Waals surface area contributed by atoms with E-state index in [1.807, 2.05) is 0 Å². The summed E-state index contributed by atoms with van der Waals surface area (Å²) < 4.78 is 18.3. The van der Waals surface area contributed by atoms with Crippen LogP contribution in [0.1, 0.15) is 34.1 Å². The van der Waals surface area contributed by atoms with Crippen molar-refractivity contribution in [1.82, 2.24) is 9.88 Å². The van der Waals surface area contributed by atoms with Gasteiger partial charge in [0, 0.05) is 23.9 Å². The summed E-state index contributed by atoms with van der Waals surface area (Å²) in [7, 11) is 1.50. The lowest BCUT2D eigenvalue weighted by molar-refractivity contribution is 0.0715. The van der Waals surface area contributed by atoms with Crippen molar-refractivity contribution in [3.8, 4) is 5.88 Å². The van der Waals surface area contributed by atoms with E-state index in [1.165, 1.54) is 19.2 Å². The first-order chi connectivity index (χ1) is 11.5.